The summed E-state index contributed by atoms with van der Waals surface area (Å²) in [6, 6.07) is 46.5. The molecule has 3 heterocycles. The molecule has 7 nitrogen and oxygen atoms in total. The van der Waals surface area contributed by atoms with Crippen molar-refractivity contribution >= 4 is 43.6 Å². The number of pyridine rings is 2. The molecule has 0 fully saturated rings. The Morgan fingerprint density at radius 2 is 0.681 bits per heavy atom. The highest BCUT2D eigenvalue weighted by atomic mass is 16.4. The number of hydrogen-bond acceptors (Lipinski definition) is 5. The first-order chi connectivity index (χ1) is 23.2. The fraction of sp³-hybridized carbons (Fsp3) is 0. The van der Waals surface area contributed by atoms with Crippen molar-refractivity contribution in [3.05, 3.63) is 166 Å². The van der Waals surface area contributed by atoms with Gasteiger partial charge in [-0.2, -0.15) is 0 Å². The zero-order chi connectivity index (χ0) is 31.5. The van der Waals surface area contributed by atoms with Crippen LogP contribution in [0, 0.1) is 0 Å². The zero-order valence-electron chi connectivity index (χ0n) is 24.9. The minimum absolute atomic E-state index is 0.0242. The quantitative estimate of drug-likeness (QED) is 0.188. The van der Waals surface area contributed by atoms with E-state index in [0.29, 0.717) is 33.3 Å². The summed E-state index contributed by atoms with van der Waals surface area (Å²) in [6.07, 6.45) is 0. The second-order valence-electron chi connectivity index (χ2n) is 11.4. The lowest BCUT2D eigenvalue weighted by Crippen LogP contribution is -2.10. The second-order valence-corrected chi connectivity index (χ2v) is 11.4. The molecule has 0 saturated heterocycles. The van der Waals surface area contributed by atoms with E-state index in [1.165, 1.54) is 0 Å². The van der Waals surface area contributed by atoms with Gasteiger partial charge in [-0.1, -0.05) is 48.5 Å². The van der Waals surface area contributed by atoms with Crippen LogP contribution >= 0.6 is 0 Å². The molecule has 6 aromatic carbocycles. The molecule has 0 atom stereocenters. The van der Waals surface area contributed by atoms with Gasteiger partial charge in [-0.3, -0.25) is 9.59 Å². The lowest BCUT2D eigenvalue weighted by Gasteiger charge is -2.15. The van der Waals surface area contributed by atoms with Crippen molar-refractivity contribution in [2.24, 2.45) is 0 Å². The summed E-state index contributed by atoms with van der Waals surface area (Å²) >= 11 is 0. The maximum atomic E-state index is 13.2. The number of fused-ring (bicyclic) bond motifs is 4. The molecule has 9 aromatic rings. The Bertz CT molecular complexity index is 2460. The van der Waals surface area contributed by atoms with Crippen molar-refractivity contribution in [1.29, 1.82) is 0 Å². The molecule has 47 heavy (non-hydrogen) atoms. The number of para-hydroxylation sites is 4. The van der Waals surface area contributed by atoms with Crippen molar-refractivity contribution < 1.29 is 4.42 Å². The third-order valence-electron chi connectivity index (χ3n) is 8.73. The van der Waals surface area contributed by atoms with Crippen LogP contribution in [0.4, 0.5) is 0 Å². The van der Waals surface area contributed by atoms with E-state index in [1.807, 2.05) is 146 Å². The third kappa shape index (κ3) is 4.21. The molecule has 0 bridgehead atoms. The highest BCUT2D eigenvalue weighted by Gasteiger charge is 2.16. The standard InChI is InChI=1S/C40H24N4O3/c45-37-29-9-1-5-13-33(29)43(34-14-6-2-10-30(34)37)27-21-17-25(18-22-27)39-41-42-40(47-39)26-19-23-28(24-20-26)44-35-15-7-3-11-31(35)38(46)32-12-4-8-16-36(32)44/h1-24H. The highest BCUT2D eigenvalue weighted by molar-refractivity contribution is 5.96. The first kappa shape index (κ1) is 26.8. The van der Waals surface area contributed by atoms with Gasteiger partial charge < -0.3 is 13.6 Å². The molecule has 0 saturated carbocycles. The normalized spacial score (nSPS) is 11.6. The summed E-state index contributed by atoms with van der Waals surface area (Å²) in [5.74, 6) is 0.810. The van der Waals surface area contributed by atoms with Gasteiger partial charge in [-0.15, -0.1) is 10.2 Å². The average molecular weight is 609 g/mol. The third-order valence-corrected chi connectivity index (χ3v) is 8.73. The monoisotopic (exact) mass is 608 g/mol. The molecule has 222 valence electrons. The maximum Gasteiger partial charge on any atom is 0.248 e. The summed E-state index contributed by atoms with van der Waals surface area (Å²) in [5.41, 5.74) is 6.82. The topological polar surface area (TPSA) is 82.9 Å². The lowest BCUT2D eigenvalue weighted by molar-refractivity contribution is 0.584. The van der Waals surface area contributed by atoms with Gasteiger partial charge in [-0.05, 0) is 97.1 Å². The van der Waals surface area contributed by atoms with E-state index >= 15 is 0 Å². The predicted molar refractivity (Wildman–Crippen MR) is 186 cm³/mol. The largest absolute Gasteiger partial charge is 0.416 e. The Kier molecular flexibility index (Phi) is 5.98. The first-order valence-electron chi connectivity index (χ1n) is 15.3. The molecule has 0 N–H and O–H groups in total. The van der Waals surface area contributed by atoms with Gasteiger partial charge in [-0.25, -0.2) is 0 Å². The van der Waals surface area contributed by atoms with Gasteiger partial charge in [0.05, 0.1) is 22.1 Å². The molecule has 9 rings (SSSR count). The number of aromatic nitrogens is 4. The molecular formula is C40H24N4O3. The van der Waals surface area contributed by atoms with Crippen LogP contribution in [0.15, 0.2) is 160 Å². The van der Waals surface area contributed by atoms with Gasteiger partial charge >= 0.3 is 0 Å². The maximum absolute atomic E-state index is 13.2. The first-order valence-corrected chi connectivity index (χ1v) is 15.3. The number of hydrogen-bond donors (Lipinski definition) is 0. The molecule has 0 aliphatic heterocycles. The van der Waals surface area contributed by atoms with E-state index in [1.54, 1.807) is 0 Å². The van der Waals surface area contributed by atoms with Crippen LogP contribution in [-0.2, 0) is 0 Å². The zero-order valence-corrected chi connectivity index (χ0v) is 24.9. The Morgan fingerprint density at radius 1 is 0.383 bits per heavy atom. The molecule has 0 unspecified atom stereocenters. The molecule has 0 radical (unpaired) electrons. The SMILES string of the molecule is O=c1c2ccccc2n(-c2ccc(-c3nnc(-c4ccc(-n5c6ccccc6c(=O)c6ccccc65)cc4)o3)cc2)c2ccccc12. The van der Waals surface area contributed by atoms with Gasteiger partial charge in [0.2, 0.25) is 11.8 Å². The van der Waals surface area contributed by atoms with Crippen LogP contribution < -0.4 is 10.9 Å². The van der Waals surface area contributed by atoms with Gasteiger partial charge in [0.1, 0.15) is 0 Å². The van der Waals surface area contributed by atoms with Crippen molar-refractivity contribution in [2.45, 2.75) is 0 Å². The predicted octanol–water partition coefficient (Wildman–Crippen LogP) is 8.32. The number of rotatable bonds is 4. The molecule has 7 heteroatoms. The summed E-state index contributed by atoms with van der Waals surface area (Å²) in [5, 5.41) is 11.4. The van der Waals surface area contributed by atoms with Gasteiger partial charge in [0, 0.05) is 44.0 Å². The minimum Gasteiger partial charge on any atom is -0.416 e. The lowest BCUT2D eigenvalue weighted by atomic mass is 10.1. The summed E-state index contributed by atoms with van der Waals surface area (Å²) in [7, 11) is 0. The fourth-order valence-corrected chi connectivity index (χ4v) is 6.51. The van der Waals surface area contributed by atoms with Crippen molar-refractivity contribution in [3.63, 3.8) is 0 Å². The van der Waals surface area contributed by atoms with Crippen LogP contribution in [0.1, 0.15) is 0 Å². The molecule has 0 aliphatic carbocycles. The Balaban J connectivity index is 1.07. The van der Waals surface area contributed by atoms with E-state index in [-0.39, 0.29) is 10.9 Å². The second kappa shape index (κ2) is 10.5. The van der Waals surface area contributed by atoms with E-state index in [0.717, 1.165) is 44.6 Å². The van der Waals surface area contributed by atoms with Crippen LogP contribution in [0.25, 0.3) is 77.9 Å². The average Bonchev–Trinajstić information content (AvgIpc) is 3.63. The fourth-order valence-electron chi connectivity index (χ4n) is 6.51. The van der Waals surface area contributed by atoms with Gasteiger partial charge in [0.15, 0.2) is 10.9 Å². The van der Waals surface area contributed by atoms with Crippen molar-refractivity contribution in [2.75, 3.05) is 0 Å². The summed E-state index contributed by atoms with van der Waals surface area (Å²) < 4.78 is 10.3. The summed E-state index contributed by atoms with van der Waals surface area (Å²) in [4.78, 5) is 26.4. The number of benzene rings is 6. The van der Waals surface area contributed by atoms with Crippen LogP contribution in [0.5, 0.6) is 0 Å². The van der Waals surface area contributed by atoms with Crippen LogP contribution in [0.2, 0.25) is 0 Å². The van der Waals surface area contributed by atoms with E-state index in [2.05, 4.69) is 19.3 Å². The molecule has 0 amide bonds. The van der Waals surface area contributed by atoms with Gasteiger partial charge in [0.25, 0.3) is 0 Å². The molecule has 0 aliphatic rings. The Hall–Kier alpha value is -6.60. The highest BCUT2D eigenvalue weighted by Crippen LogP contribution is 2.30. The smallest absolute Gasteiger partial charge is 0.248 e. The van der Waals surface area contributed by atoms with E-state index in [4.69, 9.17) is 4.42 Å². The van der Waals surface area contributed by atoms with E-state index < -0.39 is 0 Å². The van der Waals surface area contributed by atoms with Crippen LogP contribution in [0.3, 0.4) is 0 Å². The molecular weight excluding hydrogens is 584 g/mol. The van der Waals surface area contributed by atoms with Crippen molar-refractivity contribution in [3.8, 4) is 34.3 Å². The number of nitrogens with zero attached hydrogens (tertiary/aromatic N) is 4. The molecule has 3 aromatic heterocycles. The van der Waals surface area contributed by atoms with Crippen molar-refractivity contribution in [1.82, 2.24) is 19.3 Å². The van der Waals surface area contributed by atoms with Crippen LogP contribution in [-0.4, -0.2) is 19.3 Å². The molecule has 0 spiro atoms. The Labute approximate surface area is 267 Å². The van der Waals surface area contributed by atoms with E-state index in [9.17, 15) is 9.59 Å². The Morgan fingerprint density at radius 3 is 1.00 bits per heavy atom. The summed E-state index contributed by atoms with van der Waals surface area (Å²) in [6.45, 7) is 0. The minimum atomic E-state index is 0.0242.